The Morgan fingerprint density at radius 3 is 2.75 bits per heavy atom. The van der Waals surface area contributed by atoms with E-state index in [9.17, 15) is 17.6 Å². The van der Waals surface area contributed by atoms with Gasteiger partial charge in [0.05, 0.1) is 11.0 Å². The van der Waals surface area contributed by atoms with E-state index in [1.807, 2.05) is 0 Å². The fourth-order valence-corrected chi connectivity index (χ4v) is 4.13. The number of halogens is 1. The molecule has 1 aliphatic heterocycles. The number of anilines is 1. The number of benzene rings is 2. The Morgan fingerprint density at radius 2 is 2.07 bits per heavy atom. The van der Waals surface area contributed by atoms with E-state index < -0.39 is 15.8 Å². The first-order valence-corrected chi connectivity index (χ1v) is 10.5. The molecule has 1 saturated heterocycles. The molecular formula is C20H23FN2O4S. The summed E-state index contributed by atoms with van der Waals surface area (Å²) in [7, 11) is -2.28. The highest BCUT2D eigenvalue weighted by molar-refractivity contribution is 7.92. The molecule has 0 radical (unpaired) electrons. The summed E-state index contributed by atoms with van der Waals surface area (Å²) in [6.45, 7) is 2.75. The van der Waals surface area contributed by atoms with Gasteiger partial charge in [0.25, 0.3) is 15.9 Å². The SMILES string of the molecule is Cc1ccc(S(=O)(=O)Nc2cccc(C(=O)N(C)CC3CCCO3)c2)cc1F. The van der Waals surface area contributed by atoms with Crippen LogP contribution < -0.4 is 4.72 Å². The van der Waals surface area contributed by atoms with Crippen LogP contribution in [0.1, 0.15) is 28.8 Å². The molecule has 1 amide bonds. The summed E-state index contributed by atoms with van der Waals surface area (Å²) in [5, 5.41) is 0. The van der Waals surface area contributed by atoms with Crippen molar-refractivity contribution in [1.29, 1.82) is 0 Å². The van der Waals surface area contributed by atoms with Crippen molar-refractivity contribution in [2.75, 3.05) is 24.9 Å². The minimum absolute atomic E-state index is 0.0343. The molecule has 1 heterocycles. The summed E-state index contributed by atoms with van der Waals surface area (Å²) in [6.07, 6.45) is 1.95. The minimum Gasteiger partial charge on any atom is -0.376 e. The second-order valence-electron chi connectivity index (χ2n) is 6.92. The summed E-state index contributed by atoms with van der Waals surface area (Å²) < 4.78 is 46.7. The van der Waals surface area contributed by atoms with E-state index in [1.165, 1.54) is 18.2 Å². The van der Waals surface area contributed by atoms with Crippen LogP contribution in [0.2, 0.25) is 0 Å². The first kappa shape index (κ1) is 20.3. The molecule has 1 unspecified atom stereocenters. The van der Waals surface area contributed by atoms with Crippen molar-refractivity contribution < 1.29 is 22.3 Å². The maximum Gasteiger partial charge on any atom is 0.261 e. The highest BCUT2D eigenvalue weighted by atomic mass is 32.2. The van der Waals surface area contributed by atoms with Gasteiger partial charge in [-0.25, -0.2) is 12.8 Å². The second kappa shape index (κ2) is 8.28. The molecule has 150 valence electrons. The van der Waals surface area contributed by atoms with Crippen LogP contribution in [-0.4, -0.2) is 45.5 Å². The molecule has 0 bridgehead atoms. The van der Waals surface area contributed by atoms with Crippen molar-refractivity contribution in [2.45, 2.75) is 30.8 Å². The number of rotatable bonds is 6. The zero-order chi connectivity index (χ0) is 20.3. The lowest BCUT2D eigenvalue weighted by atomic mass is 10.1. The second-order valence-corrected chi connectivity index (χ2v) is 8.60. The van der Waals surface area contributed by atoms with Crippen LogP contribution >= 0.6 is 0 Å². The van der Waals surface area contributed by atoms with E-state index in [4.69, 9.17) is 4.74 Å². The fourth-order valence-electron chi connectivity index (χ4n) is 3.07. The number of carbonyl (C=O) groups is 1. The van der Waals surface area contributed by atoms with Gasteiger partial charge >= 0.3 is 0 Å². The number of carbonyl (C=O) groups excluding carboxylic acids is 1. The molecule has 1 fully saturated rings. The van der Waals surface area contributed by atoms with Crippen LogP contribution in [0.3, 0.4) is 0 Å². The first-order valence-electron chi connectivity index (χ1n) is 9.02. The van der Waals surface area contributed by atoms with Crippen LogP contribution in [0.15, 0.2) is 47.4 Å². The maximum atomic E-state index is 13.7. The number of nitrogens with zero attached hydrogens (tertiary/aromatic N) is 1. The number of nitrogens with one attached hydrogen (secondary N) is 1. The van der Waals surface area contributed by atoms with E-state index in [2.05, 4.69) is 4.72 Å². The molecule has 28 heavy (non-hydrogen) atoms. The highest BCUT2D eigenvalue weighted by Crippen LogP contribution is 2.20. The molecule has 2 aromatic carbocycles. The Balaban J connectivity index is 1.75. The Labute approximate surface area is 164 Å². The molecule has 1 atom stereocenters. The largest absolute Gasteiger partial charge is 0.376 e. The van der Waals surface area contributed by atoms with Crippen molar-refractivity contribution in [2.24, 2.45) is 0 Å². The molecule has 0 aromatic heterocycles. The molecule has 8 heteroatoms. The minimum atomic E-state index is -3.97. The predicted octanol–water partition coefficient (Wildman–Crippen LogP) is 3.19. The number of hydrogen-bond donors (Lipinski definition) is 1. The monoisotopic (exact) mass is 406 g/mol. The molecule has 3 rings (SSSR count). The Morgan fingerprint density at radius 1 is 1.29 bits per heavy atom. The first-order chi connectivity index (χ1) is 13.3. The molecule has 0 spiro atoms. The predicted molar refractivity (Wildman–Crippen MR) is 104 cm³/mol. The zero-order valence-corrected chi connectivity index (χ0v) is 16.6. The normalized spacial score (nSPS) is 16.8. The molecule has 6 nitrogen and oxygen atoms in total. The van der Waals surface area contributed by atoms with Gasteiger partial charge in [0.15, 0.2) is 0 Å². The maximum absolute atomic E-state index is 13.7. The topological polar surface area (TPSA) is 75.7 Å². The third kappa shape index (κ3) is 4.69. The van der Waals surface area contributed by atoms with Crippen molar-refractivity contribution in [3.05, 3.63) is 59.4 Å². The van der Waals surface area contributed by atoms with E-state index in [0.717, 1.165) is 18.9 Å². The van der Waals surface area contributed by atoms with Crippen molar-refractivity contribution in [3.63, 3.8) is 0 Å². The standard InChI is InChI=1S/C20H23FN2O4S/c1-14-8-9-18(12-19(14)21)28(25,26)22-16-6-3-5-15(11-16)20(24)23(2)13-17-7-4-10-27-17/h3,5-6,8-9,11-12,17,22H,4,7,10,13H2,1-2H3. The molecule has 0 saturated carbocycles. The molecular weight excluding hydrogens is 383 g/mol. The molecule has 1 aliphatic rings. The van der Waals surface area contributed by atoms with Gasteiger partial charge in [0.2, 0.25) is 0 Å². The Hall–Kier alpha value is -2.45. The van der Waals surface area contributed by atoms with Crippen LogP contribution in [0, 0.1) is 12.7 Å². The van der Waals surface area contributed by atoms with E-state index in [1.54, 1.807) is 37.1 Å². The van der Waals surface area contributed by atoms with E-state index in [0.29, 0.717) is 24.3 Å². The average molecular weight is 406 g/mol. The van der Waals surface area contributed by atoms with Gasteiger partial charge in [-0.3, -0.25) is 9.52 Å². The van der Waals surface area contributed by atoms with Gasteiger partial charge in [0.1, 0.15) is 5.82 Å². The summed E-state index contributed by atoms with van der Waals surface area (Å²) in [5.74, 6) is -0.819. The van der Waals surface area contributed by atoms with Crippen molar-refractivity contribution >= 4 is 21.6 Å². The number of ether oxygens (including phenoxy) is 1. The van der Waals surface area contributed by atoms with Crippen molar-refractivity contribution in [3.8, 4) is 0 Å². The number of amides is 1. The van der Waals surface area contributed by atoms with Gasteiger partial charge < -0.3 is 9.64 Å². The summed E-state index contributed by atoms with van der Waals surface area (Å²) in [5.41, 5.74) is 0.953. The van der Waals surface area contributed by atoms with E-state index in [-0.39, 0.29) is 22.6 Å². The fraction of sp³-hybridized carbons (Fsp3) is 0.350. The van der Waals surface area contributed by atoms with Gasteiger partial charge in [-0.1, -0.05) is 12.1 Å². The molecule has 2 aromatic rings. The van der Waals surface area contributed by atoms with Crippen molar-refractivity contribution in [1.82, 2.24) is 4.90 Å². The highest BCUT2D eigenvalue weighted by Gasteiger charge is 2.22. The van der Waals surface area contributed by atoms with Crippen LogP contribution in [-0.2, 0) is 14.8 Å². The number of sulfonamides is 1. The average Bonchev–Trinajstić information content (AvgIpc) is 3.16. The van der Waals surface area contributed by atoms with E-state index >= 15 is 0 Å². The van der Waals surface area contributed by atoms with Crippen LogP contribution in [0.25, 0.3) is 0 Å². The van der Waals surface area contributed by atoms with Crippen LogP contribution in [0.4, 0.5) is 10.1 Å². The third-order valence-electron chi connectivity index (χ3n) is 4.66. The lowest BCUT2D eigenvalue weighted by Gasteiger charge is -2.21. The zero-order valence-electron chi connectivity index (χ0n) is 15.8. The quantitative estimate of drug-likeness (QED) is 0.799. The Bertz CT molecular complexity index is 972. The number of hydrogen-bond acceptors (Lipinski definition) is 4. The summed E-state index contributed by atoms with van der Waals surface area (Å²) >= 11 is 0. The molecule has 1 N–H and O–H groups in total. The van der Waals surface area contributed by atoms with Gasteiger partial charge in [-0.05, 0) is 55.7 Å². The van der Waals surface area contributed by atoms with Gasteiger partial charge in [-0.15, -0.1) is 0 Å². The van der Waals surface area contributed by atoms with Gasteiger partial charge in [-0.2, -0.15) is 0 Å². The van der Waals surface area contributed by atoms with Gasteiger partial charge in [0, 0.05) is 31.5 Å². The number of aryl methyl sites for hydroxylation is 1. The lowest BCUT2D eigenvalue weighted by molar-refractivity contribution is 0.0587. The van der Waals surface area contributed by atoms with Crippen LogP contribution in [0.5, 0.6) is 0 Å². The Kier molecular flexibility index (Phi) is 6.00. The summed E-state index contributed by atoms with van der Waals surface area (Å²) in [6, 6.07) is 9.95. The summed E-state index contributed by atoms with van der Waals surface area (Å²) in [4.78, 5) is 14.0. The smallest absolute Gasteiger partial charge is 0.261 e. The number of likely N-dealkylation sites (N-methyl/N-ethyl adjacent to an activating group) is 1. The molecule has 0 aliphatic carbocycles. The lowest BCUT2D eigenvalue weighted by Crippen LogP contribution is -2.34. The third-order valence-corrected chi connectivity index (χ3v) is 6.04.